The lowest BCUT2D eigenvalue weighted by atomic mass is 10.1. The molecule has 0 radical (unpaired) electrons. The summed E-state index contributed by atoms with van der Waals surface area (Å²) in [5, 5.41) is 14.8. The van der Waals surface area contributed by atoms with Crippen LogP contribution in [-0.4, -0.2) is 30.9 Å². The number of carbonyl (C=O) groups excluding carboxylic acids is 1. The molecule has 156 valence electrons. The summed E-state index contributed by atoms with van der Waals surface area (Å²) < 4.78 is 15.0. The Kier molecular flexibility index (Phi) is 5.85. The smallest absolute Gasteiger partial charge is 0.245 e. The minimum Gasteiger partial charge on any atom is -0.340 e. The number of benzene rings is 2. The van der Waals surface area contributed by atoms with E-state index >= 15 is 0 Å². The molecule has 0 aliphatic heterocycles. The molecule has 0 fully saturated rings. The molecule has 8 nitrogen and oxygen atoms in total. The molecule has 0 saturated heterocycles. The van der Waals surface area contributed by atoms with Crippen molar-refractivity contribution in [2.45, 2.75) is 13.6 Å². The number of halogens is 2. The number of hydrogen-bond acceptors (Lipinski definition) is 6. The maximum atomic E-state index is 13.4. The quantitative estimate of drug-likeness (QED) is 0.441. The van der Waals surface area contributed by atoms with Crippen LogP contribution >= 0.6 is 11.6 Å². The van der Waals surface area contributed by atoms with Crippen LogP contribution in [0.25, 0.3) is 22.2 Å². The number of fused-ring (bicyclic) bond motifs is 1. The topological polar surface area (TPSA) is 97.6 Å². The highest BCUT2D eigenvalue weighted by Crippen LogP contribution is 2.28. The molecule has 31 heavy (non-hydrogen) atoms. The number of nitrogens with one attached hydrogen (secondary N) is 2. The summed E-state index contributed by atoms with van der Waals surface area (Å²) in [5.41, 5.74) is 2.75. The van der Waals surface area contributed by atoms with Crippen molar-refractivity contribution in [2.75, 3.05) is 5.32 Å². The number of amides is 1. The van der Waals surface area contributed by atoms with E-state index in [9.17, 15) is 9.18 Å². The van der Waals surface area contributed by atoms with Gasteiger partial charge in [0.2, 0.25) is 5.91 Å². The third kappa shape index (κ3) is 4.67. The van der Waals surface area contributed by atoms with E-state index in [-0.39, 0.29) is 17.6 Å². The summed E-state index contributed by atoms with van der Waals surface area (Å²) in [6, 6.07) is 9.96. The van der Waals surface area contributed by atoms with Gasteiger partial charge in [0.15, 0.2) is 0 Å². The highest BCUT2D eigenvalue weighted by Gasteiger charge is 2.10. The van der Waals surface area contributed by atoms with Crippen molar-refractivity contribution in [3.05, 3.63) is 71.9 Å². The number of rotatable bonds is 6. The second kappa shape index (κ2) is 8.88. The van der Waals surface area contributed by atoms with Gasteiger partial charge in [-0.15, -0.1) is 5.10 Å². The molecule has 0 saturated carbocycles. The van der Waals surface area contributed by atoms with E-state index in [1.54, 1.807) is 25.3 Å². The largest absolute Gasteiger partial charge is 0.340 e. The highest BCUT2D eigenvalue weighted by atomic mass is 35.5. The maximum Gasteiger partial charge on any atom is 0.245 e. The average molecular weight is 438 g/mol. The van der Waals surface area contributed by atoms with Gasteiger partial charge in [0, 0.05) is 16.6 Å². The fourth-order valence-corrected chi connectivity index (χ4v) is 3.08. The Balaban J connectivity index is 1.61. The molecule has 0 atom stereocenters. The van der Waals surface area contributed by atoms with E-state index in [4.69, 9.17) is 11.6 Å². The molecule has 2 N–H and O–H groups in total. The van der Waals surface area contributed by atoms with Crippen molar-refractivity contribution in [1.29, 1.82) is 0 Å². The molecular formula is C21H17ClFN7O. The molecule has 2 heterocycles. The van der Waals surface area contributed by atoms with Gasteiger partial charge < -0.3 is 10.6 Å². The summed E-state index contributed by atoms with van der Waals surface area (Å²) >= 11 is 5.87. The number of allylic oxidation sites excluding steroid dienone is 1. The average Bonchev–Trinajstić information content (AvgIpc) is 3.24. The van der Waals surface area contributed by atoms with Crippen LogP contribution < -0.4 is 10.6 Å². The van der Waals surface area contributed by atoms with Gasteiger partial charge in [-0.1, -0.05) is 29.0 Å². The van der Waals surface area contributed by atoms with Crippen molar-refractivity contribution in [1.82, 2.24) is 30.3 Å². The lowest BCUT2D eigenvalue weighted by Crippen LogP contribution is -2.24. The Morgan fingerprint density at radius 3 is 2.90 bits per heavy atom. The third-order valence-corrected chi connectivity index (χ3v) is 4.68. The van der Waals surface area contributed by atoms with Gasteiger partial charge in [0.25, 0.3) is 0 Å². The molecule has 2 aromatic heterocycles. The molecule has 1 amide bonds. The lowest BCUT2D eigenvalue weighted by Gasteiger charge is -2.09. The molecule has 4 aromatic rings. The number of hydrogen-bond donors (Lipinski definition) is 2. The fourth-order valence-electron chi connectivity index (χ4n) is 2.90. The summed E-state index contributed by atoms with van der Waals surface area (Å²) in [7, 11) is 0. The van der Waals surface area contributed by atoms with Crippen molar-refractivity contribution in [2.24, 2.45) is 0 Å². The van der Waals surface area contributed by atoms with Crippen molar-refractivity contribution in [3.8, 4) is 11.3 Å². The van der Waals surface area contributed by atoms with Gasteiger partial charge in [0.05, 0.1) is 16.7 Å². The number of carbonyl (C=O) groups is 1. The standard InChI is InChI=1S/C21H17ClFN7O/c1-2-3-20(31)26-12-30-10-19(28-29-30)13-4-7-18-15(8-13)21(25-11-24-18)27-14-5-6-17(23)16(22)9-14/h2-11H,12H2,1H3,(H,26,31)(H,24,25,27)/b3-2-. The molecule has 0 spiro atoms. The van der Waals surface area contributed by atoms with E-state index in [2.05, 4.69) is 30.9 Å². The zero-order chi connectivity index (χ0) is 21.8. The summed E-state index contributed by atoms with van der Waals surface area (Å²) in [6.45, 7) is 1.97. The molecule has 4 rings (SSSR count). The number of aromatic nitrogens is 5. The van der Waals surface area contributed by atoms with Crippen LogP contribution in [0.5, 0.6) is 0 Å². The fraction of sp³-hybridized carbons (Fsp3) is 0.0952. The van der Waals surface area contributed by atoms with E-state index in [1.807, 2.05) is 18.2 Å². The van der Waals surface area contributed by atoms with Crippen LogP contribution in [0.4, 0.5) is 15.9 Å². The Morgan fingerprint density at radius 2 is 2.10 bits per heavy atom. The number of nitrogens with zero attached hydrogens (tertiary/aromatic N) is 5. The summed E-state index contributed by atoms with van der Waals surface area (Å²) in [4.78, 5) is 20.2. The van der Waals surface area contributed by atoms with Gasteiger partial charge in [-0.05, 0) is 43.3 Å². The van der Waals surface area contributed by atoms with Gasteiger partial charge in [0.1, 0.15) is 30.3 Å². The molecule has 0 bridgehead atoms. The van der Waals surface area contributed by atoms with Crippen LogP contribution in [0.2, 0.25) is 5.02 Å². The first-order chi connectivity index (χ1) is 15.0. The van der Waals surface area contributed by atoms with E-state index in [1.165, 1.54) is 29.2 Å². The Morgan fingerprint density at radius 1 is 1.23 bits per heavy atom. The molecule has 2 aromatic carbocycles. The Labute approximate surface area is 181 Å². The van der Waals surface area contributed by atoms with Gasteiger partial charge >= 0.3 is 0 Å². The predicted octanol–water partition coefficient (Wildman–Crippen LogP) is 4.07. The first kappa shape index (κ1) is 20.4. The minimum absolute atomic E-state index is 0.0159. The summed E-state index contributed by atoms with van der Waals surface area (Å²) in [5.74, 6) is -0.161. The van der Waals surface area contributed by atoms with Crippen LogP contribution in [0.3, 0.4) is 0 Å². The summed E-state index contributed by atoms with van der Waals surface area (Å²) in [6.07, 6.45) is 6.27. The molecule has 10 heteroatoms. The van der Waals surface area contributed by atoms with Crippen LogP contribution in [0, 0.1) is 5.82 Å². The van der Waals surface area contributed by atoms with E-state index < -0.39 is 5.82 Å². The maximum absolute atomic E-state index is 13.4. The monoisotopic (exact) mass is 437 g/mol. The molecule has 0 unspecified atom stereocenters. The van der Waals surface area contributed by atoms with Gasteiger partial charge in [-0.3, -0.25) is 4.79 Å². The van der Waals surface area contributed by atoms with Crippen molar-refractivity contribution in [3.63, 3.8) is 0 Å². The van der Waals surface area contributed by atoms with Crippen LogP contribution in [0.1, 0.15) is 6.92 Å². The lowest BCUT2D eigenvalue weighted by molar-refractivity contribution is -0.117. The van der Waals surface area contributed by atoms with Gasteiger partial charge in [-0.2, -0.15) is 0 Å². The Hall–Kier alpha value is -3.85. The SMILES string of the molecule is C/C=C\C(=O)NCn1cc(-c2ccc3ncnc(Nc4ccc(F)c(Cl)c4)c3c2)nn1. The predicted molar refractivity (Wildman–Crippen MR) is 116 cm³/mol. The second-order valence-corrected chi connectivity index (χ2v) is 6.96. The molecular weight excluding hydrogens is 421 g/mol. The first-order valence-electron chi connectivity index (χ1n) is 9.31. The highest BCUT2D eigenvalue weighted by molar-refractivity contribution is 6.31. The van der Waals surface area contributed by atoms with E-state index in [0.717, 1.165) is 16.5 Å². The minimum atomic E-state index is -0.493. The van der Waals surface area contributed by atoms with E-state index in [0.29, 0.717) is 17.2 Å². The first-order valence-corrected chi connectivity index (χ1v) is 9.69. The van der Waals surface area contributed by atoms with Crippen LogP contribution in [0.15, 0.2) is 61.1 Å². The Bertz CT molecular complexity index is 1290. The van der Waals surface area contributed by atoms with Gasteiger partial charge in [-0.25, -0.2) is 19.0 Å². The molecule has 0 aliphatic rings. The molecule has 0 aliphatic carbocycles. The zero-order valence-corrected chi connectivity index (χ0v) is 17.1. The number of anilines is 2. The van der Waals surface area contributed by atoms with Crippen molar-refractivity contribution < 1.29 is 9.18 Å². The zero-order valence-electron chi connectivity index (χ0n) is 16.4. The third-order valence-electron chi connectivity index (χ3n) is 4.39. The van der Waals surface area contributed by atoms with Crippen LogP contribution in [-0.2, 0) is 11.5 Å². The second-order valence-electron chi connectivity index (χ2n) is 6.55. The normalized spacial score (nSPS) is 11.2. The van der Waals surface area contributed by atoms with Crippen molar-refractivity contribution >= 4 is 39.9 Å².